The second-order valence-corrected chi connectivity index (χ2v) is 6.23. The Morgan fingerprint density at radius 3 is 2.15 bits per heavy atom. The van der Waals surface area contributed by atoms with Gasteiger partial charge in [-0.2, -0.15) is 17.5 Å². The number of nitrogens with zero attached hydrogens (tertiary/aromatic N) is 1. The van der Waals surface area contributed by atoms with E-state index in [2.05, 4.69) is 5.32 Å². The molecule has 1 N–H and O–H groups in total. The van der Waals surface area contributed by atoms with Gasteiger partial charge in [-0.3, -0.25) is 4.79 Å². The average Bonchev–Trinajstić information content (AvgIpc) is 2.26. The van der Waals surface area contributed by atoms with Gasteiger partial charge in [0.15, 0.2) is 0 Å². The number of anilines is 1. The molecule has 112 valence electrons. The number of carbonyl (C=O) groups is 1. The Balaban J connectivity index is 2.68. The van der Waals surface area contributed by atoms with Crippen molar-refractivity contribution in [3.8, 4) is 0 Å². The highest BCUT2D eigenvalue weighted by Crippen LogP contribution is 2.29. The average molecular weight is 310 g/mol. The molecule has 0 fully saturated rings. The van der Waals surface area contributed by atoms with E-state index in [1.54, 1.807) is 0 Å². The number of hydrogen-bond donors (Lipinski definition) is 1. The van der Waals surface area contributed by atoms with Crippen LogP contribution in [0, 0.1) is 0 Å². The van der Waals surface area contributed by atoms with Gasteiger partial charge in [-0.25, -0.2) is 8.42 Å². The van der Waals surface area contributed by atoms with Crippen LogP contribution in [0.2, 0.25) is 0 Å². The number of likely N-dealkylation sites (N-methyl/N-ethyl adjacent to an activating group) is 1. The first-order chi connectivity index (χ1) is 9.00. The highest BCUT2D eigenvalue weighted by molar-refractivity contribution is 7.88. The molecule has 0 heterocycles. The Morgan fingerprint density at radius 2 is 1.75 bits per heavy atom. The fraction of sp³-hybridized carbons (Fsp3) is 0.364. The number of sulfonamides is 1. The summed E-state index contributed by atoms with van der Waals surface area (Å²) in [6.45, 7) is -0.417. The van der Waals surface area contributed by atoms with E-state index in [0.717, 1.165) is 34.8 Å². The van der Waals surface area contributed by atoms with Gasteiger partial charge in [0.05, 0.1) is 18.4 Å². The monoisotopic (exact) mass is 310 g/mol. The number of rotatable bonds is 4. The molecule has 1 aromatic carbocycles. The summed E-state index contributed by atoms with van der Waals surface area (Å²) in [6.07, 6.45) is -3.50. The molecule has 0 radical (unpaired) electrons. The third kappa shape index (κ3) is 4.82. The zero-order valence-electron chi connectivity index (χ0n) is 10.7. The Hall–Kier alpha value is -1.61. The van der Waals surface area contributed by atoms with E-state index < -0.39 is 34.2 Å². The van der Waals surface area contributed by atoms with Crippen molar-refractivity contribution in [3.63, 3.8) is 0 Å². The zero-order valence-corrected chi connectivity index (χ0v) is 11.5. The van der Waals surface area contributed by atoms with Gasteiger partial charge in [-0.15, -0.1) is 0 Å². The molecule has 0 saturated heterocycles. The number of halogens is 3. The number of hydrogen-bond acceptors (Lipinski definition) is 3. The number of nitrogens with one attached hydrogen (secondary N) is 1. The first-order valence-electron chi connectivity index (χ1n) is 5.38. The van der Waals surface area contributed by atoms with Crippen LogP contribution < -0.4 is 5.32 Å². The molecule has 1 amide bonds. The molecule has 5 nitrogen and oxygen atoms in total. The molecule has 0 atom stereocenters. The van der Waals surface area contributed by atoms with Crippen LogP contribution in [0.4, 0.5) is 18.9 Å². The molecule has 0 aliphatic rings. The summed E-state index contributed by atoms with van der Waals surface area (Å²) in [6, 6.07) is 3.86. The van der Waals surface area contributed by atoms with Gasteiger partial charge in [0.25, 0.3) is 0 Å². The van der Waals surface area contributed by atoms with Crippen molar-refractivity contribution in [2.75, 3.05) is 25.2 Å². The molecule has 0 aliphatic heterocycles. The fourth-order valence-electron chi connectivity index (χ4n) is 1.26. The van der Waals surface area contributed by atoms with Crippen LogP contribution >= 0.6 is 0 Å². The lowest BCUT2D eigenvalue weighted by atomic mass is 10.2. The lowest BCUT2D eigenvalue weighted by molar-refractivity contribution is -0.137. The van der Waals surface area contributed by atoms with Crippen LogP contribution in [0.25, 0.3) is 0 Å². The number of carbonyl (C=O) groups excluding carboxylic acids is 1. The quantitative estimate of drug-likeness (QED) is 0.917. The largest absolute Gasteiger partial charge is 0.416 e. The molecule has 1 aromatic rings. The molecular weight excluding hydrogens is 297 g/mol. The number of amides is 1. The Bertz CT molecular complexity index is 582. The van der Waals surface area contributed by atoms with E-state index in [1.165, 1.54) is 7.05 Å². The number of alkyl halides is 3. The molecule has 0 spiro atoms. The Kier molecular flexibility index (Phi) is 4.77. The van der Waals surface area contributed by atoms with Crippen molar-refractivity contribution >= 4 is 21.6 Å². The summed E-state index contributed by atoms with van der Waals surface area (Å²) in [7, 11) is -2.27. The normalized spacial score (nSPS) is 12.5. The van der Waals surface area contributed by atoms with Crippen molar-refractivity contribution in [2.45, 2.75) is 6.18 Å². The summed E-state index contributed by atoms with van der Waals surface area (Å²) >= 11 is 0. The van der Waals surface area contributed by atoms with Crippen LogP contribution in [0.5, 0.6) is 0 Å². The summed E-state index contributed by atoms with van der Waals surface area (Å²) in [5, 5.41) is 2.31. The minimum absolute atomic E-state index is 0.157. The summed E-state index contributed by atoms with van der Waals surface area (Å²) in [5.41, 5.74) is -0.673. The van der Waals surface area contributed by atoms with Crippen LogP contribution in [0.1, 0.15) is 5.56 Å². The van der Waals surface area contributed by atoms with E-state index in [-0.39, 0.29) is 5.69 Å². The van der Waals surface area contributed by atoms with Crippen molar-refractivity contribution < 1.29 is 26.4 Å². The molecule has 0 aliphatic carbocycles. The maximum atomic E-state index is 12.3. The van der Waals surface area contributed by atoms with Crippen molar-refractivity contribution in [1.29, 1.82) is 0 Å². The predicted octanol–water partition coefficient (Wildman–Crippen LogP) is 1.54. The molecule has 0 saturated carbocycles. The van der Waals surface area contributed by atoms with Crippen LogP contribution in [0.3, 0.4) is 0 Å². The molecule has 20 heavy (non-hydrogen) atoms. The fourth-order valence-corrected chi connectivity index (χ4v) is 1.61. The van der Waals surface area contributed by atoms with E-state index >= 15 is 0 Å². The third-order valence-electron chi connectivity index (χ3n) is 2.43. The van der Waals surface area contributed by atoms with Crippen LogP contribution in [0.15, 0.2) is 24.3 Å². The lowest BCUT2D eigenvalue weighted by Crippen LogP contribution is -2.34. The highest BCUT2D eigenvalue weighted by Gasteiger charge is 2.30. The van der Waals surface area contributed by atoms with E-state index in [1.807, 2.05) is 0 Å². The second kappa shape index (κ2) is 5.80. The standard InChI is InChI=1S/C11H13F3N2O3S/c1-16(20(2,18)19)7-10(17)15-9-5-3-8(4-6-9)11(12,13)14/h3-6H,7H2,1-2H3,(H,15,17). The first kappa shape index (κ1) is 16.4. The van der Waals surface area contributed by atoms with Crippen molar-refractivity contribution in [2.24, 2.45) is 0 Å². The van der Waals surface area contributed by atoms with Gasteiger partial charge >= 0.3 is 6.18 Å². The molecule has 0 bridgehead atoms. The van der Waals surface area contributed by atoms with E-state index in [9.17, 15) is 26.4 Å². The predicted molar refractivity (Wildman–Crippen MR) is 67.5 cm³/mol. The summed E-state index contributed by atoms with van der Waals surface area (Å²) in [4.78, 5) is 11.5. The van der Waals surface area contributed by atoms with Gasteiger partial charge in [-0.1, -0.05) is 0 Å². The lowest BCUT2D eigenvalue weighted by Gasteiger charge is -2.14. The minimum Gasteiger partial charge on any atom is -0.325 e. The van der Waals surface area contributed by atoms with Gasteiger partial charge in [-0.05, 0) is 24.3 Å². The first-order valence-corrected chi connectivity index (χ1v) is 7.23. The maximum Gasteiger partial charge on any atom is 0.416 e. The molecule has 1 rings (SSSR count). The van der Waals surface area contributed by atoms with Gasteiger partial charge < -0.3 is 5.32 Å². The smallest absolute Gasteiger partial charge is 0.325 e. The van der Waals surface area contributed by atoms with Crippen molar-refractivity contribution in [1.82, 2.24) is 4.31 Å². The van der Waals surface area contributed by atoms with Gasteiger partial charge in [0.2, 0.25) is 15.9 Å². The summed E-state index contributed by atoms with van der Waals surface area (Å²) in [5.74, 6) is -0.641. The molecule has 0 aromatic heterocycles. The number of benzene rings is 1. The molecule has 9 heteroatoms. The van der Waals surface area contributed by atoms with E-state index in [4.69, 9.17) is 0 Å². The van der Waals surface area contributed by atoms with Gasteiger partial charge in [0, 0.05) is 12.7 Å². The SMILES string of the molecule is CN(CC(=O)Nc1ccc(C(F)(F)F)cc1)S(C)(=O)=O. The highest BCUT2D eigenvalue weighted by atomic mass is 32.2. The van der Waals surface area contributed by atoms with Crippen LogP contribution in [-0.2, 0) is 21.0 Å². The zero-order chi connectivity index (χ0) is 15.6. The Morgan fingerprint density at radius 1 is 1.25 bits per heavy atom. The second-order valence-electron chi connectivity index (χ2n) is 4.14. The molecular formula is C11H13F3N2O3S. The topological polar surface area (TPSA) is 66.5 Å². The van der Waals surface area contributed by atoms with E-state index in [0.29, 0.717) is 0 Å². The van der Waals surface area contributed by atoms with Crippen molar-refractivity contribution in [3.05, 3.63) is 29.8 Å². The minimum atomic E-state index is -4.45. The molecule has 0 unspecified atom stereocenters. The summed E-state index contributed by atoms with van der Waals surface area (Å²) < 4.78 is 60.0. The third-order valence-corrected chi connectivity index (χ3v) is 3.69. The van der Waals surface area contributed by atoms with Crippen LogP contribution in [-0.4, -0.2) is 38.5 Å². The Labute approximate surface area is 114 Å². The maximum absolute atomic E-state index is 12.3. The van der Waals surface area contributed by atoms with Gasteiger partial charge in [0.1, 0.15) is 0 Å².